The van der Waals surface area contributed by atoms with E-state index in [0.717, 1.165) is 4.57 Å². The molecule has 0 aliphatic carbocycles. The summed E-state index contributed by atoms with van der Waals surface area (Å²) in [6.07, 6.45) is -1.62. The maximum Gasteiger partial charge on any atom is 0.351 e. The summed E-state index contributed by atoms with van der Waals surface area (Å²) in [5.41, 5.74) is 4.75. The Morgan fingerprint density at radius 2 is 2.24 bits per heavy atom. The largest absolute Gasteiger partial charge is 0.388 e. The molecule has 1 aromatic rings. The topological polar surface area (TPSA) is 111 Å². The number of ether oxygens (including phenoxy) is 1. The van der Waals surface area contributed by atoms with Crippen molar-refractivity contribution in [1.82, 2.24) is 9.55 Å². The number of aromatic nitrogens is 2. The lowest BCUT2D eigenvalue weighted by Gasteiger charge is -2.16. The molecule has 0 unspecified atom stereocenters. The van der Waals surface area contributed by atoms with Gasteiger partial charge in [-0.3, -0.25) is 4.57 Å². The highest BCUT2D eigenvalue weighted by atomic mass is 16.6. The number of aliphatic hydroxyl groups excluding tert-OH is 2. The second-order valence-electron chi connectivity index (χ2n) is 4.00. The summed E-state index contributed by atoms with van der Waals surface area (Å²) in [4.78, 5) is 15.1. The molecule has 1 aliphatic heterocycles. The molecule has 1 aromatic heterocycles. The van der Waals surface area contributed by atoms with Gasteiger partial charge in [-0.25, -0.2) is 4.79 Å². The lowest BCUT2D eigenvalue weighted by molar-refractivity contribution is -0.0403. The third-order valence-corrected chi connectivity index (χ3v) is 2.87. The van der Waals surface area contributed by atoms with Gasteiger partial charge in [-0.2, -0.15) is 4.98 Å². The van der Waals surface area contributed by atoms with Crippen molar-refractivity contribution >= 4 is 5.82 Å². The Morgan fingerprint density at radius 1 is 1.53 bits per heavy atom. The highest BCUT2D eigenvalue weighted by molar-refractivity contribution is 5.23. The number of aliphatic hydroxyl groups is 2. The van der Waals surface area contributed by atoms with E-state index in [1.54, 1.807) is 0 Å². The van der Waals surface area contributed by atoms with E-state index in [4.69, 9.17) is 10.5 Å². The summed E-state index contributed by atoms with van der Waals surface area (Å²) in [6, 6.07) is 1.43. The third-order valence-electron chi connectivity index (χ3n) is 2.87. The van der Waals surface area contributed by atoms with E-state index in [0.29, 0.717) is 6.42 Å². The van der Waals surface area contributed by atoms with Gasteiger partial charge in [-0.05, 0) is 12.5 Å². The van der Waals surface area contributed by atoms with Crippen LogP contribution in [0.4, 0.5) is 5.82 Å². The Hall–Kier alpha value is -1.44. The van der Waals surface area contributed by atoms with Crippen molar-refractivity contribution in [2.75, 3.05) is 5.73 Å². The highest BCUT2D eigenvalue weighted by Gasteiger charge is 2.43. The minimum absolute atomic E-state index is 0.103. The number of nitrogens with zero attached hydrogens (tertiary/aromatic N) is 2. The summed E-state index contributed by atoms with van der Waals surface area (Å²) in [5.74, 6) is 0.103. The smallest absolute Gasteiger partial charge is 0.351 e. The van der Waals surface area contributed by atoms with Crippen LogP contribution >= 0.6 is 0 Å². The molecule has 0 spiro atoms. The standard InChI is InChI=1S/C10H15N3O4/c1-2-5-7(14)8(15)9(17-5)13-4-3-6(11)12-10(13)16/h3-5,7-9,14-15H,2H2,1H3,(H2,11,12,16)/t5-,7-,8-,9-/m1/s1. The van der Waals surface area contributed by atoms with Crippen LogP contribution in [0, 0.1) is 0 Å². The van der Waals surface area contributed by atoms with Gasteiger partial charge in [0.25, 0.3) is 0 Å². The van der Waals surface area contributed by atoms with Gasteiger partial charge in [0.15, 0.2) is 6.23 Å². The molecular formula is C10H15N3O4. The molecule has 17 heavy (non-hydrogen) atoms. The minimum atomic E-state index is -1.15. The van der Waals surface area contributed by atoms with Crippen LogP contribution in [0.1, 0.15) is 19.6 Å². The van der Waals surface area contributed by atoms with Crippen LogP contribution in [0.25, 0.3) is 0 Å². The molecule has 0 aromatic carbocycles. The zero-order valence-corrected chi connectivity index (χ0v) is 9.35. The molecule has 1 aliphatic rings. The molecule has 1 fully saturated rings. The molecule has 7 nitrogen and oxygen atoms in total. The predicted molar refractivity (Wildman–Crippen MR) is 59.1 cm³/mol. The minimum Gasteiger partial charge on any atom is -0.388 e. The number of hydrogen-bond donors (Lipinski definition) is 3. The quantitative estimate of drug-likeness (QED) is 0.603. The van der Waals surface area contributed by atoms with Gasteiger partial charge in [0.05, 0.1) is 6.10 Å². The molecule has 0 radical (unpaired) electrons. The molecule has 1 saturated heterocycles. The monoisotopic (exact) mass is 241 g/mol. The van der Waals surface area contributed by atoms with Gasteiger partial charge in [0.2, 0.25) is 0 Å². The summed E-state index contributed by atoms with van der Waals surface area (Å²) in [5, 5.41) is 19.5. The SMILES string of the molecule is CC[C@H]1O[C@@H](n2ccc(N)nc2=O)[C@H](O)[C@@H]1O. The van der Waals surface area contributed by atoms with Crippen LogP contribution in [-0.4, -0.2) is 38.1 Å². The Kier molecular flexibility index (Phi) is 3.14. The van der Waals surface area contributed by atoms with E-state index < -0.39 is 30.2 Å². The van der Waals surface area contributed by atoms with Crippen LogP contribution < -0.4 is 11.4 Å². The molecule has 7 heteroatoms. The van der Waals surface area contributed by atoms with E-state index >= 15 is 0 Å². The van der Waals surface area contributed by atoms with Crippen LogP contribution in [0.2, 0.25) is 0 Å². The molecule has 0 amide bonds. The van der Waals surface area contributed by atoms with Gasteiger partial charge < -0.3 is 20.7 Å². The first kappa shape index (κ1) is 12.0. The second-order valence-corrected chi connectivity index (χ2v) is 4.00. The summed E-state index contributed by atoms with van der Waals surface area (Å²) in [7, 11) is 0. The van der Waals surface area contributed by atoms with Gasteiger partial charge in [0, 0.05) is 6.20 Å². The lowest BCUT2D eigenvalue weighted by Crippen LogP contribution is -2.35. The average molecular weight is 241 g/mol. The molecule has 0 bridgehead atoms. The molecule has 4 atom stereocenters. The number of nitrogens with two attached hydrogens (primary N) is 1. The zero-order valence-electron chi connectivity index (χ0n) is 9.35. The fourth-order valence-corrected chi connectivity index (χ4v) is 1.92. The Balaban J connectivity index is 2.32. The maximum absolute atomic E-state index is 11.6. The first-order chi connectivity index (χ1) is 8.04. The Morgan fingerprint density at radius 3 is 2.76 bits per heavy atom. The summed E-state index contributed by atoms with van der Waals surface area (Å²) < 4.78 is 6.55. The van der Waals surface area contributed by atoms with E-state index in [1.807, 2.05) is 6.92 Å². The van der Waals surface area contributed by atoms with Crippen molar-refractivity contribution in [3.8, 4) is 0 Å². The van der Waals surface area contributed by atoms with E-state index in [2.05, 4.69) is 4.98 Å². The predicted octanol–water partition coefficient (Wildman–Crippen LogP) is -1.15. The van der Waals surface area contributed by atoms with Crippen LogP contribution in [0.15, 0.2) is 17.1 Å². The highest BCUT2D eigenvalue weighted by Crippen LogP contribution is 2.29. The normalized spacial score (nSPS) is 32.9. The fourth-order valence-electron chi connectivity index (χ4n) is 1.92. The fraction of sp³-hybridized carbons (Fsp3) is 0.600. The van der Waals surface area contributed by atoms with Crippen molar-refractivity contribution in [3.63, 3.8) is 0 Å². The van der Waals surface area contributed by atoms with E-state index in [-0.39, 0.29) is 5.82 Å². The average Bonchev–Trinajstić information content (AvgIpc) is 2.57. The van der Waals surface area contributed by atoms with Crippen molar-refractivity contribution in [3.05, 3.63) is 22.7 Å². The van der Waals surface area contributed by atoms with Gasteiger partial charge >= 0.3 is 5.69 Å². The number of hydrogen-bond acceptors (Lipinski definition) is 6. The first-order valence-electron chi connectivity index (χ1n) is 5.41. The third kappa shape index (κ3) is 2.04. The van der Waals surface area contributed by atoms with Gasteiger partial charge in [-0.1, -0.05) is 6.92 Å². The lowest BCUT2D eigenvalue weighted by atomic mass is 10.1. The number of nitrogen functional groups attached to an aromatic ring is 1. The van der Waals surface area contributed by atoms with Crippen molar-refractivity contribution in [2.24, 2.45) is 0 Å². The zero-order chi connectivity index (χ0) is 12.6. The summed E-state index contributed by atoms with van der Waals surface area (Å²) in [6.45, 7) is 1.83. The molecule has 2 rings (SSSR count). The van der Waals surface area contributed by atoms with Crippen LogP contribution in [0.5, 0.6) is 0 Å². The van der Waals surface area contributed by atoms with Crippen LogP contribution in [-0.2, 0) is 4.74 Å². The Labute approximate surface area is 97.5 Å². The molecule has 0 saturated carbocycles. The van der Waals surface area contributed by atoms with Crippen molar-refractivity contribution in [2.45, 2.75) is 37.9 Å². The van der Waals surface area contributed by atoms with Crippen LogP contribution in [0.3, 0.4) is 0 Å². The molecule has 4 N–H and O–H groups in total. The van der Waals surface area contributed by atoms with E-state index in [1.165, 1.54) is 12.3 Å². The van der Waals surface area contributed by atoms with Crippen molar-refractivity contribution in [1.29, 1.82) is 0 Å². The summed E-state index contributed by atoms with van der Waals surface area (Å²) >= 11 is 0. The first-order valence-corrected chi connectivity index (χ1v) is 5.41. The Bertz CT molecular complexity index is 461. The van der Waals surface area contributed by atoms with Gasteiger partial charge in [-0.15, -0.1) is 0 Å². The molecular weight excluding hydrogens is 226 g/mol. The molecule has 94 valence electrons. The number of anilines is 1. The van der Waals surface area contributed by atoms with E-state index in [9.17, 15) is 15.0 Å². The second kappa shape index (κ2) is 4.44. The molecule has 2 heterocycles. The maximum atomic E-state index is 11.6. The van der Waals surface area contributed by atoms with Gasteiger partial charge in [0.1, 0.15) is 18.0 Å². The van der Waals surface area contributed by atoms with Crippen molar-refractivity contribution < 1.29 is 14.9 Å². The number of rotatable bonds is 2.